The van der Waals surface area contributed by atoms with Crippen LogP contribution in [-0.4, -0.2) is 20.1 Å². The molecule has 0 amide bonds. The molecule has 0 saturated heterocycles. The van der Waals surface area contributed by atoms with Gasteiger partial charge in [-0.05, 0) is 11.2 Å². The van der Waals surface area contributed by atoms with E-state index in [2.05, 4.69) is 0 Å². The number of hydrogen-bond donors (Lipinski definition) is 1. The average Bonchev–Trinajstić information content (AvgIpc) is 1.87. The van der Waals surface area contributed by atoms with Gasteiger partial charge in [-0.1, -0.05) is 0 Å². The molecule has 0 rings (SSSR count). The highest BCUT2D eigenvalue weighted by Crippen LogP contribution is 2.52. The van der Waals surface area contributed by atoms with Crippen LogP contribution in [0.2, 0.25) is 0 Å². The third-order valence-corrected chi connectivity index (χ3v) is 3.19. The first-order valence-electron chi connectivity index (χ1n) is 1.94. The largest absolute Gasteiger partial charge is 0.329 e. The molecule has 5 heteroatoms. The third-order valence-electron chi connectivity index (χ3n) is 0.676. The lowest BCUT2D eigenvalue weighted by Gasteiger charge is -2.10. The van der Waals surface area contributed by atoms with Crippen molar-refractivity contribution in [3.63, 3.8) is 0 Å². The molecular formula is C3H9ClNO2P. The van der Waals surface area contributed by atoms with E-state index in [9.17, 15) is 0 Å². The first-order valence-corrected chi connectivity index (χ1v) is 4.54. The average molecular weight is 158 g/mol. The van der Waals surface area contributed by atoms with E-state index >= 15 is 0 Å². The zero-order valence-electron chi connectivity index (χ0n) is 4.80. The van der Waals surface area contributed by atoms with E-state index in [1.165, 1.54) is 20.1 Å². The van der Waals surface area contributed by atoms with Crippen molar-refractivity contribution in [3.05, 3.63) is 0 Å². The Hall–Kier alpha value is 0.470. The number of rotatable bonds is 2. The third kappa shape index (κ3) is 2.16. The molecule has 0 spiro atoms. The summed E-state index contributed by atoms with van der Waals surface area (Å²) in [5.74, 6) is 1.23. The van der Waals surface area contributed by atoms with Crippen LogP contribution in [0.3, 0.4) is 0 Å². The van der Waals surface area contributed by atoms with E-state index < -0.39 is 6.69 Å². The molecule has 2 N–H and O–H groups in total. The van der Waals surface area contributed by atoms with Crippen LogP contribution in [0.15, 0.2) is 0 Å². The van der Waals surface area contributed by atoms with Crippen LogP contribution in [0.4, 0.5) is 0 Å². The van der Waals surface area contributed by atoms with Gasteiger partial charge in [0, 0.05) is 20.1 Å². The molecule has 0 unspecified atom stereocenters. The Balaban J connectivity index is 4.00. The van der Waals surface area contributed by atoms with E-state index in [0.29, 0.717) is 0 Å². The summed E-state index contributed by atoms with van der Waals surface area (Å²) >= 11 is 5.58. The van der Waals surface area contributed by atoms with Gasteiger partial charge in [-0.3, -0.25) is 0 Å². The minimum atomic E-state index is -2.29. The Morgan fingerprint density at radius 2 is 1.88 bits per heavy atom. The van der Waals surface area contributed by atoms with Crippen molar-refractivity contribution in [2.45, 2.75) is 0 Å². The fraction of sp³-hybridized carbons (Fsp3) is 0.667. The van der Waals surface area contributed by atoms with Crippen LogP contribution in [0, 0.1) is 0 Å². The first kappa shape index (κ1) is 8.47. The van der Waals surface area contributed by atoms with Crippen LogP contribution in [-0.2, 0) is 9.05 Å². The minimum Gasteiger partial charge on any atom is -0.329 e. The lowest BCUT2D eigenvalue weighted by molar-refractivity contribution is 0.350. The van der Waals surface area contributed by atoms with Gasteiger partial charge in [0.2, 0.25) is 6.69 Å². The molecule has 0 saturated carbocycles. The Labute approximate surface area is 53.6 Å². The van der Waals surface area contributed by atoms with E-state index in [-0.39, 0.29) is 0 Å². The molecule has 0 radical (unpaired) electrons. The minimum absolute atomic E-state index is 1.23. The molecular weight excluding hydrogens is 148 g/mol. The molecule has 0 aromatic carbocycles. The van der Waals surface area contributed by atoms with Crippen molar-refractivity contribution in [2.75, 3.05) is 14.2 Å². The summed E-state index contributed by atoms with van der Waals surface area (Å²) in [7, 11) is 2.90. The second-order valence-electron chi connectivity index (χ2n) is 1.04. The number of hydrogen-bond acceptors (Lipinski definition) is 2. The molecule has 0 atom stereocenters. The van der Waals surface area contributed by atoms with Crippen molar-refractivity contribution >= 4 is 23.9 Å². The number of halogens is 1. The second-order valence-corrected chi connectivity index (χ2v) is 4.52. The summed E-state index contributed by atoms with van der Waals surface area (Å²) in [5.41, 5.74) is 5.07. The van der Waals surface area contributed by atoms with Crippen LogP contribution in [0.5, 0.6) is 0 Å². The van der Waals surface area contributed by atoms with E-state index in [1.807, 2.05) is 0 Å². The van der Waals surface area contributed by atoms with Crippen molar-refractivity contribution in [1.82, 2.24) is 0 Å². The van der Waals surface area contributed by atoms with E-state index in [0.717, 1.165) is 0 Å². The number of nitrogens with two attached hydrogens (primary N) is 1. The van der Waals surface area contributed by atoms with Crippen molar-refractivity contribution in [3.8, 4) is 0 Å². The Morgan fingerprint density at radius 1 is 1.50 bits per heavy atom. The molecule has 8 heavy (non-hydrogen) atoms. The molecule has 0 fully saturated rings. The maximum absolute atomic E-state index is 5.58. The zero-order chi connectivity index (χ0) is 6.62. The van der Waals surface area contributed by atoms with E-state index in [4.69, 9.17) is 26.0 Å². The zero-order valence-corrected chi connectivity index (χ0v) is 6.45. The molecule has 50 valence electrons. The maximum Gasteiger partial charge on any atom is 0.225 e. The standard InChI is InChI=1S/C3H9ClNO2P/c1-6-8(4,3-5)7-2/h3H,5H2,1-2H3. The van der Waals surface area contributed by atoms with Gasteiger partial charge in [0.15, 0.2) is 0 Å². The summed E-state index contributed by atoms with van der Waals surface area (Å²) in [4.78, 5) is 0. The monoisotopic (exact) mass is 157 g/mol. The van der Waals surface area contributed by atoms with Crippen LogP contribution < -0.4 is 5.73 Å². The first-order chi connectivity index (χ1) is 3.68. The molecule has 0 aromatic rings. The van der Waals surface area contributed by atoms with Crippen molar-refractivity contribution in [1.29, 1.82) is 0 Å². The lowest BCUT2D eigenvalue weighted by Crippen LogP contribution is -1.94. The molecule has 0 aliphatic carbocycles. The highest BCUT2D eigenvalue weighted by atomic mass is 35.7. The highest BCUT2D eigenvalue weighted by Gasteiger charge is 2.07. The van der Waals surface area contributed by atoms with E-state index in [1.54, 1.807) is 0 Å². The van der Waals surface area contributed by atoms with Crippen molar-refractivity contribution < 1.29 is 9.05 Å². The SMILES string of the molecule is COP(Cl)(=CN)OC. The van der Waals surface area contributed by atoms with Crippen molar-refractivity contribution in [2.24, 2.45) is 5.73 Å². The van der Waals surface area contributed by atoms with Gasteiger partial charge in [-0.15, -0.1) is 0 Å². The second kappa shape index (κ2) is 3.49. The van der Waals surface area contributed by atoms with Gasteiger partial charge in [0.25, 0.3) is 0 Å². The predicted molar refractivity (Wildman–Crippen MR) is 37.0 cm³/mol. The molecule has 3 nitrogen and oxygen atoms in total. The lowest BCUT2D eigenvalue weighted by atomic mass is 11.6. The smallest absolute Gasteiger partial charge is 0.225 e. The molecule has 0 aliphatic rings. The molecule has 0 bridgehead atoms. The van der Waals surface area contributed by atoms with Gasteiger partial charge in [-0.2, -0.15) is 0 Å². The van der Waals surface area contributed by atoms with Gasteiger partial charge >= 0.3 is 0 Å². The normalized spacial score (nSPS) is 11.5. The highest BCUT2D eigenvalue weighted by molar-refractivity contribution is 7.90. The summed E-state index contributed by atoms with van der Waals surface area (Å²) < 4.78 is 9.42. The van der Waals surface area contributed by atoms with Gasteiger partial charge in [0.05, 0.1) is 0 Å². The van der Waals surface area contributed by atoms with Gasteiger partial charge in [0.1, 0.15) is 0 Å². The summed E-state index contributed by atoms with van der Waals surface area (Å²) in [5, 5.41) is 0. The summed E-state index contributed by atoms with van der Waals surface area (Å²) in [6, 6.07) is 0. The quantitative estimate of drug-likeness (QED) is 0.609. The Bertz CT molecular complexity index is 108. The predicted octanol–water partition coefficient (Wildman–Crippen LogP) is 0.999. The summed E-state index contributed by atoms with van der Waals surface area (Å²) in [6.45, 7) is -2.29. The Morgan fingerprint density at radius 3 is 1.88 bits per heavy atom. The molecule has 0 aromatic heterocycles. The molecule has 0 heterocycles. The maximum atomic E-state index is 5.58. The fourth-order valence-corrected chi connectivity index (χ4v) is 0.589. The Kier molecular flexibility index (Phi) is 3.69. The van der Waals surface area contributed by atoms with Crippen LogP contribution in [0.1, 0.15) is 0 Å². The summed E-state index contributed by atoms with van der Waals surface area (Å²) in [6.07, 6.45) is 0. The fourth-order valence-electron chi connectivity index (χ4n) is 0.196. The molecule has 0 aliphatic heterocycles. The van der Waals surface area contributed by atoms with Gasteiger partial charge in [-0.25, -0.2) is 0 Å². The van der Waals surface area contributed by atoms with Crippen LogP contribution in [0.25, 0.3) is 0 Å². The van der Waals surface area contributed by atoms with Crippen LogP contribution >= 0.6 is 17.9 Å². The topological polar surface area (TPSA) is 44.5 Å². The van der Waals surface area contributed by atoms with Gasteiger partial charge < -0.3 is 14.8 Å².